The van der Waals surface area contributed by atoms with E-state index in [-0.39, 0.29) is 6.04 Å². The Morgan fingerprint density at radius 1 is 1.17 bits per heavy atom. The first-order valence-electron chi connectivity index (χ1n) is 6.80. The second-order valence-electron chi connectivity index (χ2n) is 4.83. The topological polar surface area (TPSA) is 29.5 Å². The Bertz CT molecular complexity index is 347. The van der Waals surface area contributed by atoms with Crippen molar-refractivity contribution in [2.24, 2.45) is 0 Å². The van der Waals surface area contributed by atoms with E-state index in [1.54, 1.807) is 0 Å². The second-order valence-corrected chi connectivity index (χ2v) is 4.83. The van der Waals surface area contributed by atoms with Crippen LogP contribution in [0.3, 0.4) is 0 Å². The lowest BCUT2D eigenvalue weighted by Crippen LogP contribution is -2.36. The molecule has 3 nitrogen and oxygen atoms in total. The van der Waals surface area contributed by atoms with Crippen LogP contribution in [-0.2, 0) is 16.1 Å². The third kappa shape index (κ3) is 3.84. The van der Waals surface area contributed by atoms with Crippen LogP contribution in [0.4, 0.5) is 0 Å². The number of hydrogen-bond acceptors (Lipinski definition) is 2. The third-order valence-corrected chi connectivity index (χ3v) is 3.51. The average Bonchev–Trinajstić information content (AvgIpc) is 2.46. The maximum absolute atomic E-state index is 11.0. The fraction of sp³-hybridized carbons (Fsp3) is 0.533. The van der Waals surface area contributed by atoms with Crippen LogP contribution in [-0.4, -0.2) is 24.1 Å². The van der Waals surface area contributed by atoms with Gasteiger partial charge < -0.3 is 0 Å². The molecule has 1 fully saturated rings. The quantitative estimate of drug-likeness (QED) is 0.571. The first kappa shape index (κ1) is 13.1. The summed E-state index contributed by atoms with van der Waals surface area (Å²) >= 11 is 0. The Kier molecular flexibility index (Phi) is 5.21. The van der Waals surface area contributed by atoms with E-state index in [4.69, 9.17) is 4.84 Å². The minimum Gasteiger partial charge on any atom is -0.276 e. The summed E-state index contributed by atoms with van der Waals surface area (Å²) in [5.41, 5.74) is 1.24. The van der Waals surface area contributed by atoms with Gasteiger partial charge in [-0.1, -0.05) is 49.6 Å². The summed E-state index contributed by atoms with van der Waals surface area (Å²) in [7, 11) is 0. The fourth-order valence-electron chi connectivity index (χ4n) is 2.47. The fourth-order valence-corrected chi connectivity index (χ4v) is 2.47. The molecule has 0 radical (unpaired) electrons. The maximum atomic E-state index is 11.0. The lowest BCUT2D eigenvalue weighted by Gasteiger charge is -2.30. The van der Waals surface area contributed by atoms with Crippen LogP contribution in [0.2, 0.25) is 0 Å². The number of hydroxylamine groups is 2. The first-order chi connectivity index (χ1) is 8.90. The molecule has 1 aliphatic carbocycles. The Balaban J connectivity index is 1.75. The minimum absolute atomic E-state index is 0.284. The summed E-state index contributed by atoms with van der Waals surface area (Å²) in [4.78, 5) is 16.6. The summed E-state index contributed by atoms with van der Waals surface area (Å²) in [6.07, 6.45) is 7.52. The van der Waals surface area contributed by atoms with Gasteiger partial charge in [-0.05, 0) is 24.8 Å². The Hall–Kier alpha value is -1.35. The van der Waals surface area contributed by atoms with Gasteiger partial charge in [0.1, 0.15) is 0 Å². The summed E-state index contributed by atoms with van der Waals surface area (Å²) in [5.74, 6) is 0. The van der Waals surface area contributed by atoms with E-state index in [1.807, 2.05) is 18.2 Å². The highest BCUT2D eigenvalue weighted by molar-refractivity contribution is 5.45. The second kappa shape index (κ2) is 7.17. The highest BCUT2D eigenvalue weighted by Crippen LogP contribution is 2.21. The van der Waals surface area contributed by atoms with Crippen molar-refractivity contribution in [3.63, 3.8) is 0 Å². The van der Waals surface area contributed by atoms with Crippen molar-refractivity contribution in [3.05, 3.63) is 35.9 Å². The predicted molar refractivity (Wildman–Crippen MR) is 70.9 cm³/mol. The van der Waals surface area contributed by atoms with Crippen LogP contribution in [0.5, 0.6) is 0 Å². The largest absolute Gasteiger partial charge is 0.276 e. The van der Waals surface area contributed by atoms with Crippen LogP contribution in [0.25, 0.3) is 0 Å². The third-order valence-electron chi connectivity index (χ3n) is 3.51. The van der Waals surface area contributed by atoms with Crippen molar-refractivity contribution in [1.29, 1.82) is 0 Å². The van der Waals surface area contributed by atoms with Gasteiger partial charge in [-0.15, -0.1) is 0 Å². The molecule has 1 saturated carbocycles. The lowest BCUT2D eigenvalue weighted by molar-refractivity contribution is -0.189. The molecule has 0 heterocycles. The van der Waals surface area contributed by atoms with E-state index in [2.05, 4.69) is 12.1 Å². The predicted octanol–water partition coefficient (Wildman–Crippen LogP) is 2.95. The van der Waals surface area contributed by atoms with Crippen LogP contribution in [0.1, 0.15) is 37.7 Å². The van der Waals surface area contributed by atoms with E-state index in [9.17, 15) is 4.79 Å². The summed E-state index contributed by atoms with van der Waals surface area (Å²) in [5, 5.41) is 1.53. The molecule has 1 aliphatic rings. The molecular formula is C15H21NO2. The minimum atomic E-state index is 0.284. The summed E-state index contributed by atoms with van der Waals surface area (Å²) in [6.45, 7) is 0.569. The van der Waals surface area contributed by atoms with Crippen LogP contribution in [0.15, 0.2) is 30.3 Å². The normalized spacial score (nSPS) is 16.4. The molecule has 1 aromatic rings. The van der Waals surface area contributed by atoms with Crippen molar-refractivity contribution in [2.75, 3.05) is 6.61 Å². The molecule has 3 heteroatoms. The standard InChI is InChI=1S/C15H21NO2/c17-13-16(15-9-5-2-6-10-15)18-12-11-14-7-3-1-4-8-14/h1,3-4,7-8,13,15H,2,5-6,9-12H2. The Labute approximate surface area is 109 Å². The maximum Gasteiger partial charge on any atom is 0.233 e. The summed E-state index contributed by atoms with van der Waals surface area (Å²) < 4.78 is 0. The molecule has 0 spiro atoms. The van der Waals surface area contributed by atoms with Crippen LogP contribution < -0.4 is 0 Å². The SMILES string of the molecule is O=CN(OCCc1ccccc1)C1CCCCC1. The highest BCUT2D eigenvalue weighted by atomic mass is 16.7. The zero-order valence-corrected chi connectivity index (χ0v) is 10.8. The number of amides is 1. The molecule has 0 N–H and O–H groups in total. The van der Waals surface area contributed by atoms with Gasteiger partial charge in [-0.2, -0.15) is 0 Å². The van der Waals surface area contributed by atoms with Gasteiger partial charge in [-0.3, -0.25) is 9.63 Å². The molecule has 0 saturated heterocycles. The van der Waals surface area contributed by atoms with E-state index < -0.39 is 0 Å². The molecule has 0 aromatic heterocycles. The molecule has 0 bridgehead atoms. The van der Waals surface area contributed by atoms with Crippen LogP contribution in [0, 0.1) is 0 Å². The van der Waals surface area contributed by atoms with E-state index in [1.165, 1.54) is 29.9 Å². The van der Waals surface area contributed by atoms with Gasteiger partial charge in [-0.25, -0.2) is 5.06 Å². The van der Waals surface area contributed by atoms with Crippen molar-refractivity contribution in [2.45, 2.75) is 44.6 Å². The molecule has 0 atom stereocenters. The van der Waals surface area contributed by atoms with Crippen molar-refractivity contribution < 1.29 is 9.63 Å². The van der Waals surface area contributed by atoms with Gasteiger partial charge in [0.15, 0.2) is 0 Å². The number of benzene rings is 1. The smallest absolute Gasteiger partial charge is 0.233 e. The monoisotopic (exact) mass is 247 g/mol. The molecule has 98 valence electrons. The average molecular weight is 247 g/mol. The number of carbonyl (C=O) groups excluding carboxylic acids is 1. The highest BCUT2D eigenvalue weighted by Gasteiger charge is 2.20. The number of nitrogens with zero attached hydrogens (tertiary/aromatic N) is 1. The number of hydrogen-bond donors (Lipinski definition) is 0. The van der Waals surface area contributed by atoms with Gasteiger partial charge >= 0.3 is 0 Å². The molecule has 0 aliphatic heterocycles. The van der Waals surface area contributed by atoms with E-state index in [0.717, 1.165) is 25.7 Å². The molecule has 1 amide bonds. The van der Waals surface area contributed by atoms with Crippen molar-refractivity contribution in [3.8, 4) is 0 Å². The zero-order chi connectivity index (χ0) is 12.6. The van der Waals surface area contributed by atoms with E-state index in [0.29, 0.717) is 6.61 Å². The Morgan fingerprint density at radius 3 is 2.56 bits per heavy atom. The van der Waals surface area contributed by atoms with Crippen molar-refractivity contribution >= 4 is 6.41 Å². The van der Waals surface area contributed by atoms with Crippen LogP contribution >= 0.6 is 0 Å². The zero-order valence-electron chi connectivity index (χ0n) is 10.8. The molecule has 0 unspecified atom stereocenters. The lowest BCUT2D eigenvalue weighted by atomic mass is 9.95. The molecular weight excluding hydrogens is 226 g/mol. The number of rotatable bonds is 6. The van der Waals surface area contributed by atoms with Gasteiger partial charge in [0.05, 0.1) is 12.6 Å². The molecule has 2 rings (SSSR count). The van der Waals surface area contributed by atoms with Gasteiger partial charge in [0.25, 0.3) is 0 Å². The Morgan fingerprint density at radius 2 is 1.89 bits per heavy atom. The summed E-state index contributed by atoms with van der Waals surface area (Å²) in [6, 6.07) is 10.5. The molecule has 1 aromatic carbocycles. The molecule has 18 heavy (non-hydrogen) atoms. The van der Waals surface area contributed by atoms with E-state index >= 15 is 0 Å². The number of carbonyl (C=O) groups is 1. The van der Waals surface area contributed by atoms with Gasteiger partial charge in [0.2, 0.25) is 6.41 Å². The van der Waals surface area contributed by atoms with Gasteiger partial charge in [0, 0.05) is 0 Å². The van der Waals surface area contributed by atoms with Crippen molar-refractivity contribution in [1.82, 2.24) is 5.06 Å². The first-order valence-corrected chi connectivity index (χ1v) is 6.80.